The van der Waals surface area contributed by atoms with Gasteiger partial charge in [-0.1, -0.05) is 17.7 Å². The van der Waals surface area contributed by atoms with E-state index in [0.717, 1.165) is 22.1 Å². The van der Waals surface area contributed by atoms with Gasteiger partial charge in [0.2, 0.25) is 0 Å². The van der Waals surface area contributed by atoms with E-state index in [1.807, 2.05) is 53.9 Å². The van der Waals surface area contributed by atoms with Gasteiger partial charge in [0.25, 0.3) is 5.91 Å². The number of hydrogen-bond acceptors (Lipinski definition) is 4. The number of carbonyl (C=O) groups excluding carboxylic acids is 1. The number of H-pyrrole nitrogens is 1. The van der Waals surface area contributed by atoms with Crippen LogP contribution in [-0.4, -0.2) is 30.7 Å². The third-order valence-corrected chi connectivity index (χ3v) is 3.72. The van der Waals surface area contributed by atoms with Gasteiger partial charge < -0.3 is 5.32 Å². The summed E-state index contributed by atoms with van der Waals surface area (Å²) in [4.78, 5) is 12.4. The number of nitrogens with one attached hydrogen (secondary N) is 2. The van der Waals surface area contributed by atoms with Crippen molar-refractivity contribution < 1.29 is 4.79 Å². The van der Waals surface area contributed by atoms with Crippen molar-refractivity contribution in [3.05, 3.63) is 59.7 Å². The Kier molecular flexibility index (Phi) is 3.04. The molecule has 7 nitrogen and oxygen atoms in total. The molecule has 4 rings (SSSR count). The van der Waals surface area contributed by atoms with Crippen LogP contribution in [0.25, 0.3) is 16.6 Å². The number of carbonyl (C=O) groups is 1. The summed E-state index contributed by atoms with van der Waals surface area (Å²) < 4.78 is 1.84. The first-order valence-electron chi connectivity index (χ1n) is 7.24. The second-order valence-electron chi connectivity index (χ2n) is 5.35. The highest BCUT2D eigenvalue weighted by Gasteiger charge is 2.15. The number of aromatic nitrogens is 5. The molecule has 0 aliphatic rings. The van der Waals surface area contributed by atoms with E-state index in [0.29, 0.717) is 11.5 Å². The number of amides is 1. The van der Waals surface area contributed by atoms with Crippen molar-refractivity contribution in [3.8, 4) is 0 Å². The Labute approximate surface area is 131 Å². The second kappa shape index (κ2) is 5.20. The number of benzene rings is 1. The maximum atomic E-state index is 12.4. The van der Waals surface area contributed by atoms with Crippen LogP contribution in [0.5, 0.6) is 0 Å². The topological polar surface area (TPSA) is 88.0 Å². The van der Waals surface area contributed by atoms with Crippen LogP contribution in [0.4, 0.5) is 0 Å². The molecule has 4 aromatic rings. The fourth-order valence-electron chi connectivity index (χ4n) is 2.56. The van der Waals surface area contributed by atoms with Crippen LogP contribution < -0.4 is 5.32 Å². The third-order valence-electron chi connectivity index (χ3n) is 3.72. The van der Waals surface area contributed by atoms with Crippen LogP contribution in [0.3, 0.4) is 0 Å². The molecule has 0 bridgehead atoms. The Hall–Kier alpha value is -3.22. The van der Waals surface area contributed by atoms with Gasteiger partial charge in [-0.15, -0.1) is 10.2 Å². The number of rotatable bonds is 3. The van der Waals surface area contributed by atoms with E-state index in [2.05, 4.69) is 25.7 Å². The largest absolute Gasteiger partial charge is 0.343 e. The van der Waals surface area contributed by atoms with Crippen LogP contribution >= 0.6 is 0 Å². The van der Waals surface area contributed by atoms with E-state index in [4.69, 9.17) is 0 Å². The molecule has 0 fully saturated rings. The predicted molar refractivity (Wildman–Crippen MR) is 85.0 cm³/mol. The molecule has 0 aliphatic carbocycles. The first-order chi connectivity index (χ1) is 11.2. The lowest BCUT2D eigenvalue weighted by Gasteiger charge is -2.02. The highest BCUT2D eigenvalue weighted by molar-refractivity contribution is 6.04. The van der Waals surface area contributed by atoms with Gasteiger partial charge in [-0.3, -0.25) is 14.3 Å². The van der Waals surface area contributed by atoms with Crippen LogP contribution in [0.1, 0.15) is 21.9 Å². The van der Waals surface area contributed by atoms with Gasteiger partial charge in [-0.05, 0) is 31.2 Å². The summed E-state index contributed by atoms with van der Waals surface area (Å²) in [5.74, 6) is 0.430. The Morgan fingerprint density at radius 1 is 1.26 bits per heavy atom. The molecule has 7 heteroatoms. The average molecular weight is 306 g/mol. The molecular weight excluding hydrogens is 292 g/mol. The average Bonchev–Trinajstić information content (AvgIpc) is 3.16. The molecule has 0 saturated heterocycles. The van der Waals surface area contributed by atoms with E-state index < -0.39 is 0 Å². The van der Waals surface area contributed by atoms with Crippen molar-refractivity contribution in [1.29, 1.82) is 0 Å². The molecule has 2 N–H and O–H groups in total. The highest BCUT2D eigenvalue weighted by Crippen LogP contribution is 2.17. The molecule has 0 unspecified atom stereocenters. The number of aromatic amines is 1. The molecule has 3 aromatic heterocycles. The summed E-state index contributed by atoms with van der Waals surface area (Å²) >= 11 is 0. The summed E-state index contributed by atoms with van der Waals surface area (Å²) in [6.45, 7) is 2.26. The molecule has 0 saturated carbocycles. The normalized spacial score (nSPS) is 11.2. The Bertz CT molecular complexity index is 1020. The number of nitrogens with zero attached hydrogens (tertiary/aromatic N) is 4. The predicted octanol–water partition coefficient (Wildman–Crippen LogP) is 1.84. The quantitative estimate of drug-likeness (QED) is 0.604. The zero-order chi connectivity index (χ0) is 15.8. The van der Waals surface area contributed by atoms with Gasteiger partial charge in [0.05, 0.1) is 12.1 Å². The second-order valence-corrected chi connectivity index (χ2v) is 5.35. The van der Waals surface area contributed by atoms with Crippen LogP contribution in [0.2, 0.25) is 0 Å². The van der Waals surface area contributed by atoms with Gasteiger partial charge in [0, 0.05) is 11.6 Å². The number of fused-ring (bicyclic) bond motifs is 2. The SMILES string of the molecule is Cc1ccc2[nH]nc(C(=O)NCc3nnc4ccccn34)c2c1. The van der Waals surface area contributed by atoms with Crippen molar-refractivity contribution in [2.24, 2.45) is 0 Å². The number of aryl methyl sites for hydroxylation is 1. The Morgan fingerprint density at radius 2 is 2.17 bits per heavy atom. The molecule has 0 radical (unpaired) electrons. The van der Waals surface area contributed by atoms with Crippen molar-refractivity contribution in [2.45, 2.75) is 13.5 Å². The summed E-state index contributed by atoms with van der Waals surface area (Å²) in [5.41, 5.74) is 3.06. The fourth-order valence-corrected chi connectivity index (χ4v) is 2.56. The Morgan fingerprint density at radius 3 is 3.09 bits per heavy atom. The third kappa shape index (κ3) is 2.32. The number of pyridine rings is 1. The zero-order valence-electron chi connectivity index (χ0n) is 12.4. The molecule has 0 aliphatic heterocycles. The minimum atomic E-state index is -0.241. The minimum absolute atomic E-state index is 0.241. The van der Waals surface area contributed by atoms with E-state index in [1.54, 1.807) is 0 Å². The van der Waals surface area contributed by atoms with Crippen LogP contribution in [0.15, 0.2) is 42.6 Å². The van der Waals surface area contributed by atoms with E-state index in [9.17, 15) is 4.79 Å². The van der Waals surface area contributed by atoms with Crippen molar-refractivity contribution >= 4 is 22.5 Å². The molecule has 3 heterocycles. The zero-order valence-corrected chi connectivity index (χ0v) is 12.4. The maximum absolute atomic E-state index is 12.4. The lowest BCUT2D eigenvalue weighted by atomic mass is 10.1. The molecule has 1 aromatic carbocycles. The van der Waals surface area contributed by atoms with Crippen molar-refractivity contribution in [1.82, 2.24) is 30.1 Å². The lowest BCUT2D eigenvalue weighted by Crippen LogP contribution is -2.24. The van der Waals surface area contributed by atoms with Crippen molar-refractivity contribution in [2.75, 3.05) is 0 Å². The van der Waals surface area contributed by atoms with Crippen molar-refractivity contribution in [3.63, 3.8) is 0 Å². The smallest absolute Gasteiger partial charge is 0.272 e. The molecule has 114 valence electrons. The standard InChI is InChI=1S/C16H14N6O/c1-10-5-6-12-11(8-10)15(21-18-12)16(23)17-9-14-20-19-13-4-2-3-7-22(13)14/h2-8H,9H2,1H3,(H,17,23)(H,18,21). The van der Waals surface area contributed by atoms with Gasteiger partial charge >= 0.3 is 0 Å². The van der Waals surface area contributed by atoms with Gasteiger partial charge in [0.15, 0.2) is 17.2 Å². The van der Waals surface area contributed by atoms with Gasteiger partial charge in [0.1, 0.15) is 0 Å². The lowest BCUT2D eigenvalue weighted by molar-refractivity contribution is 0.0946. The molecule has 0 spiro atoms. The highest BCUT2D eigenvalue weighted by atomic mass is 16.1. The monoisotopic (exact) mass is 306 g/mol. The fraction of sp³-hybridized carbons (Fsp3) is 0.125. The van der Waals surface area contributed by atoms with E-state index in [-0.39, 0.29) is 12.5 Å². The van der Waals surface area contributed by atoms with E-state index in [1.165, 1.54) is 0 Å². The summed E-state index contributed by atoms with van der Waals surface area (Å²) in [7, 11) is 0. The first kappa shape index (κ1) is 13.4. The number of hydrogen-bond donors (Lipinski definition) is 2. The molecule has 23 heavy (non-hydrogen) atoms. The molecular formula is C16H14N6O. The summed E-state index contributed by atoms with van der Waals surface area (Å²) in [5, 5.41) is 18.8. The molecule has 1 amide bonds. The first-order valence-corrected chi connectivity index (χ1v) is 7.24. The maximum Gasteiger partial charge on any atom is 0.272 e. The van der Waals surface area contributed by atoms with Crippen LogP contribution in [-0.2, 0) is 6.54 Å². The van der Waals surface area contributed by atoms with E-state index >= 15 is 0 Å². The van der Waals surface area contributed by atoms with Gasteiger partial charge in [-0.2, -0.15) is 5.10 Å². The van der Waals surface area contributed by atoms with Crippen LogP contribution in [0, 0.1) is 6.92 Å². The summed E-state index contributed by atoms with van der Waals surface area (Å²) in [6.07, 6.45) is 1.87. The molecule has 0 atom stereocenters. The Balaban J connectivity index is 1.59. The summed E-state index contributed by atoms with van der Waals surface area (Å²) in [6, 6.07) is 11.5. The van der Waals surface area contributed by atoms with Gasteiger partial charge in [-0.25, -0.2) is 0 Å². The minimum Gasteiger partial charge on any atom is -0.343 e.